The second kappa shape index (κ2) is 6.21. The van der Waals surface area contributed by atoms with Crippen molar-refractivity contribution in [2.45, 2.75) is 13.8 Å². The number of aryl methyl sites for hydroxylation is 1. The molecule has 4 nitrogen and oxygen atoms in total. The number of carbonyl (C=O) groups is 2. The Bertz CT molecular complexity index is 506. The molecule has 0 bridgehead atoms. The predicted molar refractivity (Wildman–Crippen MR) is 68.4 cm³/mol. The van der Waals surface area contributed by atoms with Gasteiger partial charge in [0.15, 0.2) is 0 Å². The summed E-state index contributed by atoms with van der Waals surface area (Å²) in [6, 6.07) is 4.78. The average Bonchev–Trinajstić information content (AvgIpc) is 2.32. The fraction of sp³-hybridized carbons (Fsp3) is 0.231. The molecular formula is C13H13ClO4. The van der Waals surface area contributed by atoms with E-state index in [1.54, 1.807) is 32.0 Å². The van der Waals surface area contributed by atoms with Gasteiger partial charge in [-0.2, -0.15) is 0 Å². The number of ether oxygens (including phenoxy) is 1. The minimum atomic E-state index is -0.991. The molecule has 0 amide bonds. The SMILES string of the molecule is CCOC(=O)C(=O)C=C(O)c1ccc(Cl)c(C)c1. The number of hydrogen-bond donors (Lipinski definition) is 1. The number of rotatable bonds is 4. The molecule has 0 spiro atoms. The molecule has 0 aliphatic carbocycles. The highest BCUT2D eigenvalue weighted by atomic mass is 35.5. The van der Waals surface area contributed by atoms with Crippen LogP contribution in [0.5, 0.6) is 0 Å². The van der Waals surface area contributed by atoms with Crippen LogP contribution in [0.2, 0.25) is 5.02 Å². The Kier molecular flexibility index (Phi) is 4.92. The van der Waals surface area contributed by atoms with Crippen LogP contribution in [-0.4, -0.2) is 23.5 Å². The maximum absolute atomic E-state index is 11.3. The zero-order chi connectivity index (χ0) is 13.7. The summed E-state index contributed by atoms with van der Waals surface area (Å²) in [4.78, 5) is 22.4. The van der Waals surface area contributed by atoms with Gasteiger partial charge in [0.05, 0.1) is 6.61 Å². The van der Waals surface area contributed by atoms with Crippen molar-refractivity contribution in [3.63, 3.8) is 0 Å². The van der Waals surface area contributed by atoms with Crippen molar-refractivity contribution in [2.24, 2.45) is 0 Å². The molecule has 0 aliphatic heterocycles. The number of aliphatic hydroxyl groups excluding tert-OH is 1. The lowest BCUT2D eigenvalue weighted by molar-refractivity contribution is -0.151. The highest BCUT2D eigenvalue weighted by molar-refractivity contribution is 6.39. The highest BCUT2D eigenvalue weighted by Gasteiger charge is 2.13. The van der Waals surface area contributed by atoms with Crippen LogP contribution in [0, 0.1) is 6.92 Å². The third kappa shape index (κ3) is 3.60. The monoisotopic (exact) mass is 268 g/mol. The zero-order valence-electron chi connectivity index (χ0n) is 10.1. The maximum Gasteiger partial charge on any atom is 0.379 e. The first kappa shape index (κ1) is 14.3. The van der Waals surface area contributed by atoms with Gasteiger partial charge >= 0.3 is 5.97 Å². The standard InChI is InChI=1S/C13H13ClO4/c1-3-18-13(17)12(16)7-11(15)9-4-5-10(14)8(2)6-9/h4-7,15H,3H2,1-2H3. The van der Waals surface area contributed by atoms with Crippen LogP contribution in [0.3, 0.4) is 0 Å². The number of aliphatic hydroxyl groups is 1. The highest BCUT2D eigenvalue weighted by Crippen LogP contribution is 2.20. The summed E-state index contributed by atoms with van der Waals surface area (Å²) in [5.74, 6) is -2.19. The Morgan fingerprint density at radius 3 is 2.67 bits per heavy atom. The molecule has 18 heavy (non-hydrogen) atoms. The molecule has 5 heteroatoms. The van der Waals surface area contributed by atoms with E-state index in [9.17, 15) is 14.7 Å². The first-order chi connectivity index (χ1) is 8.45. The fourth-order valence-corrected chi connectivity index (χ4v) is 1.39. The molecule has 1 aromatic carbocycles. The van der Waals surface area contributed by atoms with Gasteiger partial charge in [0.1, 0.15) is 5.76 Å². The van der Waals surface area contributed by atoms with Crippen LogP contribution >= 0.6 is 11.6 Å². The molecule has 0 radical (unpaired) electrons. The molecular weight excluding hydrogens is 256 g/mol. The van der Waals surface area contributed by atoms with Crippen LogP contribution in [0.15, 0.2) is 24.3 Å². The number of benzene rings is 1. The van der Waals surface area contributed by atoms with E-state index in [0.29, 0.717) is 10.6 Å². The molecule has 0 aromatic heterocycles. The fourth-order valence-electron chi connectivity index (χ4n) is 1.27. The largest absolute Gasteiger partial charge is 0.507 e. The second-order valence-corrected chi connectivity index (χ2v) is 3.99. The predicted octanol–water partition coefficient (Wildman–Crippen LogP) is 2.68. The number of esters is 1. The molecule has 1 N–H and O–H groups in total. The number of ketones is 1. The van der Waals surface area contributed by atoms with Gasteiger partial charge in [-0.05, 0) is 37.6 Å². The summed E-state index contributed by atoms with van der Waals surface area (Å²) in [7, 11) is 0. The van der Waals surface area contributed by atoms with E-state index in [-0.39, 0.29) is 12.4 Å². The van der Waals surface area contributed by atoms with Crippen LogP contribution in [0.25, 0.3) is 5.76 Å². The first-order valence-electron chi connectivity index (χ1n) is 5.34. The van der Waals surface area contributed by atoms with Crippen LogP contribution in [-0.2, 0) is 14.3 Å². The number of halogens is 1. The Labute approximate surface area is 110 Å². The molecule has 0 heterocycles. The van der Waals surface area contributed by atoms with E-state index in [4.69, 9.17) is 11.6 Å². The Morgan fingerprint density at radius 1 is 1.44 bits per heavy atom. The third-order valence-corrected chi connectivity index (χ3v) is 2.62. The zero-order valence-corrected chi connectivity index (χ0v) is 10.8. The van der Waals surface area contributed by atoms with Gasteiger partial charge < -0.3 is 9.84 Å². The van der Waals surface area contributed by atoms with Crippen molar-refractivity contribution in [3.8, 4) is 0 Å². The van der Waals surface area contributed by atoms with Gasteiger partial charge in [0.2, 0.25) is 0 Å². The van der Waals surface area contributed by atoms with E-state index in [1.165, 1.54) is 0 Å². The molecule has 0 fully saturated rings. The lowest BCUT2D eigenvalue weighted by Crippen LogP contribution is -2.15. The summed E-state index contributed by atoms with van der Waals surface area (Å²) >= 11 is 5.84. The third-order valence-electron chi connectivity index (χ3n) is 2.20. The van der Waals surface area contributed by atoms with Gasteiger partial charge in [-0.15, -0.1) is 0 Å². The minimum Gasteiger partial charge on any atom is -0.507 e. The average molecular weight is 269 g/mol. The Hall–Kier alpha value is -1.81. The molecule has 1 rings (SSSR count). The molecule has 1 aromatic rings. The summed E-state index contributed by atoms with van der Waals surface area (Å²) < 4.78 is 4.52. The lowest BCUT2D eigenvalue weighted by Gasteiger charge is -2.03. The molecule has 0 unspecified atom stereocenters. The van der Waals surface area contributed by atoms with E-state index >= 15 is 0 Å². The van der Waals surface area contributed by atoms with Crippen molar-refractivity contribution in [3.05, 3.63) is 40.4 Å². The van der Waals surface area contributed by atoms with Crippen molar-refractivity contribution >= 4 is 29.1 Å². The van der Waals surface area contributed by atoms with Gasteiger partial charge in [-0.1, -0.05) is 11.6 Å². The molecule has 0 aliphatic rings. The van der Waals surface area contributed by atoms with Gasteiger partial charge in [0, 0.05) is 16.7 Å². The normalized spacial score (nSPS) is 11.2. The van der Waals surface area contributed by atoms with Crippen LogP contribution < -0.4 is 0 Å². The second-order valence-electron chi connectivity index (χ2n) is 3.58. The van der Waals surface area contributed by atoms with Gasteiger partial charge in [-0.25, -0.2) is 4.79 Å². The Morgan fingerprint density at radius 2 is 2.11 bits per heavy atom. The topological polar surface area (TPSA) is 63.6 Å². The van der Waals surface area contributed by atoms with Crippen molar-refractivity contribution < 1.29 is 19.4 Å². The summed E-state index contributed by atoms with van der Waals surface area (Å²) in [6.07, 6.45) is 0.834. The smallest absolute Gasteiger partial charge is 0.379 e. The van der Waals surface area contributed by atoms with Crippen molar-refractivity contribution in [1.29, 1.82) is 0 Å². The van der Waals surface area contributed by atoms with Gasteiger partial charge in [-0.3, -0.25) is 4.79 Å². The van der Waals surface area contributed by atoms with E-state index < -0.39 is 11.8 Å². The number of hydrogen-bond acceptors (Lipinski definition) is 4. The van der Waals surface area contributed by atoms with Gasteiger partial charge in [0.25, 0.3) is 5.78 Å². The molecule has 0 saturated carbocycles. The lowest BCUT2D eigenvalue weighted by atomic mass is 10.1. The Balaban J connectivity index is 2.92. The molecule has 0 saturated heterocycles. The summed E-state index contributed by atoms with van der Waals surface area (Å²) in [6.45, 7) is 3.48. The van der Waals surface area contributed by atoms with Crippen molar-refractivity contribution in [1.82, 2.24) is 0 Å². The van der Waals surface area contributed by atoms with E-state index in [2.05, 4.69) is 4.74 Å². The first-order valence-corrected chi connectivity index (χ1v) is 5.71. The molecule has 96 valence electrons. The van der Waals surface area contributed by atoms with E-state index in [0.717, 1.165) is 11.6 Å². The maximum atomic E-state index is 11.3. The summed E-state index contributed by atoms with van der Waals surface area (Å²) in [5, 5.41) is 10.3. The van der Waals surface area contributed by atoms with Crippen LogP contribution in [0.4, 0.5) is 0 Å². The van der Waals surface area contributed by atoms with E-state index in [1.807, 2.05) is 0 Å². The minimum absolute atomic E-state index is 0.110. The number of carbonyl (C=O) groups excluding carboxylic acids is 2. The van der Waals surface area contributed by atoms with Crippen LogP contribution in [0.1, 0.15) is 18.1 Å². The van der Waals surface area contributed by atoms with Crippen molar-refractivity contribution in [2.75, 3.05) is 6.61 Å². The molecule has 0 atom stereocenters. The summed E-state index contributed by atoms with van der Waals surface area (Å²) in [5.41, 5.74) is 1.17. The quantitative estimate of drug-likeness (QED) is 0.395.